The summed E-state index contributed by atoms with van der Waals surface area (Å²) in [5.41, 5.74) is 1.20. The van der Waals surface area contributed by atoms with Gasteiger partial charge in [0.2, 0.25) is 0 Å². The van der Waals surface area contributed by atoms with E-state index in [1.807, 2.05) is 18.2 Å². The average Bonchev–Trinajstić information content (AvgIpc) is 2.64. The smallest absolute Gasteiger partial charge is 0.404 e. The molecule has 134 valence electrons. The van der Waals surface area contributed by atoms with Crippen molar-refractivity contribution >= 4 is 16.9 Å². The number of fused-ring (bicyclic) bond motifs is 1. The topological polar surface area (TPSA) is 77.0 Å². The van der Waals surface area contributed by atoms with Gasteiger partial charge >= 0.3 is 6.09 Å². The van der Waals surface area contributed by atoms with Crippen LogP contribution in [0, 0.1) is 0 Å². The molecule has 6 nitrogen and oxygen atoms in total. The molecule has 2 aromatic rings. The van der Waals surface area contributed by atoms with E-state index in [-0.39, 0.29) is 12.2 Å². The maximum absolute atomic E-state index is 10.4. The second-order valence-electron chi connectivity index (χ2n) is 6.10. The molecule has 0 aromatic heterocycles. The van der Waals surface area contributed by atoms with E-state index >= 15 is 0 Å². The van der Waals surface area contributed by atoms with Gasteiger partial charge in [-0.1, -0.05) is 24.3 Å². The van der Waals surface area contributed by atoms with Crippen LogP contribution >= 0.6 is 0 Å². The molecule has 3 rings (SSSR count). The van der Waals surface area contributed by atoms with Crippen LogP contribution in [0.4, 0.5) is 4.79 Å². The van der Waals surface area contributed by atoms with Crippen LogP contribution in [0.5, 0.6) is 5.75 Å². The molecule has 6 heteroatoms. The first-order chi connectivity index (χ1) is 12.2. The highest BCUT2D eigenvalue weighted by atomic mass is 16.7. The molecule has 1 saturated heterocycles. The summed E-state index contributed by atoms with van der Waals surface area (Å²) in [4.78, 5) is 10.4. The number of methoxy groups -OCH3 is 1. The highest BCUT2D eigenvalue weighted by molar-refractivity contribution is 5.87. The quantitative estimate of drug-likeness (QED) is 0.785. The molecule has 1 heterocycles. The Morgan fingerprint density at radius 3 is 2.80 bits per heavy atom. The summed E-state index contributed by atoms with van der Waals surface area (Å²) in [5.74, 6) is 1.01. The molecule has 0 unspecified atom stereocenters. The molecule has 0 spiro atoms. The lowest BCUT2D eigenvalue weighted by Crippen LogP contribution is -2.32. The fourth-order valence-corrected chi connectivity index (χ4v) is 3.11. The third-order valence-corrected chi connectivity index (χ3v) is 4.42. The lowest BCUT2D eigenvalue weighted by molar-refractivity contribution is -0.189. The van der Waals surface area contributed by atoms with Crippen molar-refractivity contribution in [1.29, 1.82) is 0 Å². The Morgan fingerprint density at radius 2 is 2.08 bits per heavy atom. The van der Waals surface area contributed by atoms with E-state index < -0.39 is 6.09 Å². The summed E-state index contributed by atoms with van der Waals surface area (Å²) in [6, 6.07) is 12.3. The van der Waals surface area contributed by atoms with E-state index in [0.29, 0.717) is 32.6 Å². The second-order valence-corrected chi connectivity index (χ2v) is 6.10. The SMILES string of the molecule is COc1ccc2cccc(C3COC(CCCNC(=O)O)OC3)c2c1. The zero-order chi connectivity index (χ0) is 17.6. The van der Waals surface area contributed by atoms with Crippen molar-refractivity contribution in [3.05, 3.63) is 42.0 Å². The Labute approximate surface area is 146 Å². The van der Waals surface area contributed by atoms with Gasteiger partial charge in [-0.15, -0.1) is 0 Å². The van der Waals surface area contributed by atoms with E-state index in [1.165, 1.54) is 10.9 Å². The molecule has 25 heavy (non-hydrogen) atoms. The molecule has 1 fully saturated rings. The maximum Gasteiger partial charge on any atom is 0.404 e. The van der Waals surface area contributed by atoms with Crippen LogP contribution in [0.2, 0.25) is 0 Å². The number of nitrogens with one attached hydrogen (secondary N) is 1. The number of hydrogen-bond acceptors (Lipinski definition) is 4. The number of carboxylic acid groups (broad SMARTS) is 1. The average molecular weight is 345 g/mol. The van der Waals surface area contributed by atoms with Crippen molar-refractivity contribution in [1.82, 2.24) is 5.32 Å². The summed E-state index contributed by atoms with van der Waals surface area (Å²) < 4.78 is 17.0. The van der Waals surface area contributed by atoms with Crippen molar-refractivity contribution in [3.8, 4) is 5.75 Å². The minimum atomic E-state index is -1.00. The summed E-state index contributed by atoms with van der Waals surface area (Å²) in [6.07, 6.45) is 0.0944. The number of benzene rings is 2. The molecule has 1 amide bonds. The number of carbonyl (C=O) groups is 1. The molecule has 2 N–H and O–H groups in total. The number of rotatable bonds is 6. The molecule has 0 atom stereocenters. The summed E-state index contributed by atoms with van der Waals surface area (Å²) in [5, 5.41) is 13.2. The maximum atomic E-state index is 10.4. The third-order valence-electron chi connectivity index (χ3n) is 4.42. The molecule has 0 radical (unpaired) electrons. The summed E-state index contributed by atoms with van der Waals surface area (Å²) in [6.45, 7) is 1.59. The van der Waals surface area contributed by atoms with Crippen molar-refractivity contribution < 1.29 is 24.1 Å². The van der Waals surface area contributed by atoms with E-state index in [0.717, 1.165) is 11.1 Å². The van der Waals surface area contributed by atoms with Crippen LogP contribution in [0.3, 0.4) is 0 Å². The predicted molar refractivity (Wildman–Crippen MR) is 94.2 cm³/mol. The highest BCUT2D eigenvalue weighted by Gasteiger charge is 2.24. The molecule has 0 saturated carbocycles. The van der Waals surface area contributed by atoms with Gasteiger partial charge in [0, 0.05) is 18.9 Å². The van der Waals surface area contributed by atoms with Gasteiger partial charge in [0.15, 0.2) is 6.29 Å². The highest BCUT2D eigenvalue weighted by Crippen LogP contribution is 2.31. The first-order valence-corrected chi connectivity index (χ1v) is 8.44. The van der Waals surface area contributed by atoms with Gasteiger partial charge in [0.25, 0.3) is 0 Å². The van der Waals surface area contributed by atoms with Crippen LogP contribution in [0.1, 0.15) is 24.3 Å². The fraction of sp³-hybridized carbons (Fsp3) is 0.421. The van der Waals surface area contributed by atoms with Crippen molar-refractivity contribution in [3.63, 3.8) is 0 Å². The normalized spacial score (nSPS) is 20.4. The van der Waals surface area contributed by atoms with Crippen LogP contribution in [-0.2, 0) is 9.47 Å². The molecule has 1 aliphatic rings. The Kier molecular flexibility index (Phi) is 5.73. The molecule has 0 aliphatic carbocycles. The van der Waals surface area contributed by atoms with Crippen molar-refractivity contribution in [2.75, 3.05) is 26.9 Å². The molecular weight excluding hydrogens is 322 g/mol. The lowest BCUT2D eigenvalue weighted by atomic mass is 9.94. The van der Waals surface area contributed by atoms with Gasteiger partial charge < -0.3 is 24.6 Å². The van der Waals surface area contributed by atoms with E-state index in [1.54, 1.807) is 7.11 Å². The number of hydrogen-bond donors (Lipinski definition) is 2. The van der Waals surface area contributed by atoms with Gasteiger partial charge in [-0.05, 0) is 34.9 Å². The Hall–Kier alpha value is -2.31. The Morgan fingerprint density at radius 1 is 1.28 bits per heavy atom. The second kappa shape index (κ2) is 8.18. The molecule has 1 aliphatic heterocycles. The lowest BCUT2D eigenvalue weighted by Gasteiger charge is -2.30. The van der Waals surface area contributed by atoms with E-state index in [9.17, 15) is 4.79 Å². The monoisotopic (exact) mass is 345 g/mol. The first kappa shape index (κ1) is 17.5. The summed E-state index contributed by atoms with van der Waals surface area (Å²) in [7, 11) is 1.67. The van der Waals surface area contributed by atoms with E-state index in [2.05, 4.69) is 23.5 Å². The zero-order valence-electron chi connectivity index (χ0n) is 14.2. The third kappa shape index (κ3) is 4.41. The van der Waals surface area contributed by atoms with Gasteiger partial charge in [0.1, 0.15) is 5.75 Å². The molecular formula is C19H23NO5. The first-order valence-electron chi connectivity index (χ1n) is 8.44. The largest absolute Gasteiger partial charge is 0.497 e. The molecule has 2 aromatic carbocycles. The van der Waals surface area contributed by atoms with Gasteiger partial charge in [-0.25, -0.2) is 4.79 Å². The number of ether oxygens (including phenoxy) is 3. The van der Waals surface area contributed by atoms with Crippen LogP contribution < -0.4 is 10.1 Å². The van der Waals surface area contributed by atoms with Gasteiger partial charge in [0.05, 0.1) is 20.3 Å². The minimum Gasteiger partial charge on any atom is -0.497 e. The minimum absolute atomic E-state index is 0.171. The molecule has 0 bridgehead atoms. The van der Waals surface area contributed by atoms with Gasteiger partial charge in [-0.2, -0.15) is 0 Å². The van der Waals surface area contributed by atoms with Gasteiger partial charge in [-0.3, -0.25) is 0 Å². The van der Waals surface area contributed by atoms with Crippen LogP contribution in [0.25, 0.3) is 10.8 Å². The standard InChI is InChI=1S/C19H23NO5/c1-23-15-8-7-13-4-2-5-16(17(13)10-15)14-11-24-18(25-12-14)6-3-9-20-19(21)22/h2,4-5,7-8,10,14,18,20H,3,6,9,11-12H2,1H3,(H,21,22). The van der Waals surface area contributed by atoms with Crippen molar-refractivity contribution in [2.45, 2.75) is 25.0 Å². The fourth-order valence-electron chi connectivity index (χ4n) is 3.11. The van der Waals surface area contributed by atoms with Crippen molar-refractivity contribution in [2.24, 2.45) is 0 Å². The van der Waals surface area contributed by atoms with E-state index in [4.69, 9.17) is 19.3 Å². The van der Waals surface area contributed by atoms with Crippen LogP contribution in [0.15, 0.2) is 36.4 Å². The Bertz CT molecular complexity index is 725. The Balaban J connectivity index is 1.61. The zero-order valence-corrected chi connectivity index (χ0v) is 14.2. The number of amides is 1. The summed E-state index contributed by atoms with van der Waals surface area (Å²) >= 11 is 0. The predicted octanol–water partition coefficient (Wildman–Crippen LogP) is 3.35. The van der Waals surface area contributed by atoms with Crippen LogP contribution in [-0.4, -0.2) is 44.4 Å².